The Kier molecular flexibility index (Phi) is 7.05. The van der Waals surface area contributed by atoms with Gasteiger partial charge < -0.3 is 20.4 Å². The normalized spacial score (nSPS) is 21.6. The molecule has 1 fully saturated rings. The average Bonchev–Trinajstić information content (AvgIpc) is 2.68. The Morgan fingerprint density at radius 2 is 1.64 bits per heavy atom. The van der Waals surface area contributed by atoms with Gasteiger partial charge in [0.2, 0.25) is 0 Å². The number of nitrogens with one attached hydrogen (secondary N) is 4. The van der Waals surface area contributed by atoms with Gasteiger partial charge in [0.1, 0.15) is 32.2 Å². The van der Waals surface area contributed by atoms with Crippen molar-refractivity contribution in [3.63, 3.8) is 0 Å². The molecule has 0 radical (unpaired) electrons. The number of likely N-dealkylation sites (N-methyl/N-ethyl adjacent to an activating group) is 1. The molecule has 150 valence electrons. The summed E-state index contributed by atoms with van der Waals surface area (Å²) in [7, 11) is 2.29. The number of quaternary nitrogens is 2. The Labute approximate surface area is 174 Å². The third-order valence-corrected chi connectivity index (χ3v) is 6.28. The molecule has 0 saturated carbocycles. The molecule has 0 amide bonds. The molecule has 4 nitrogen and oxygen atoms in total. The van der Waals surface area contributed by atoms with E-state index in [1.165, 1.54) is 42.9 Å². The van der Waals surface area contributed by atoms with Crippen LogP contribution in [0.3, 0.4) is 0 Å². The summed E-state index contributed by atoms with van der Waals surface area (Å²) in [6.07, 6.45) is 0. The molecule has 0 spiro atoms. The number of aryl methyl sites for hydroxylation is 1. The van der Waals surface area contributed by atoms with Gasteiger partial charge in [0, 0.05) is 11.3 Å². The van der Waals surface area contributed by atoms with Crippen molar-refractivity contribution in [3.8, 4) is 0 Å². The van der Waals surface area contributed by atoms with Gasteiger partial charge in [-0.15, -0.1) is 0 Å². The molecule has 1 saturated heterocycles. The molecule has 0 aliphatic carbocycles. The molecule has 2 aromatic carbocycles. The van der Waals surface area contributed by atoms with E-state index in [0.717, 1.165) is 5.69 Å². The van der Waals surface area contributed by atoms with Crippen molar-refractivity contribution in [1.29, 1.82) is 0 Å². The monoisotopic (exact) mass is 398 g/mol. The lowest BCUT2D eigenvalue weighted by atomic mass is 9.98. The number of hydrogen-bond acceptors (Lipinski definition) is 1. The summed E-state index contributed by atoms with van der Waals surface area (Å²) < 4.78 is 0. The van der Waals surface area contributed by atoms with Crippen LogP contribution < -0.4 is 20.4 Å². The Bertz CT molecular complexity index is 784. The summed E-state index contributed by atoms with van der Waals surface area (Å²) in [4.78, 5) is 3.27. The third kappa shape index (κ3) is 5.10. The summed E-state index contributed by atoms with van der Waals surface area (Å²) in [6, 6.07) is 17.8. The summed E-state index contributed by atoms with van der Waals surface area (Å²) in [6.45, 7) is 11.3. The Morgan fingerprint density at radius 3 is 2.32 bits per heavy atom. The number of rotatable bonds is 5. The molecule has 2 atom stereocenters. The van der Waals surface area contributed by atoms with Crippen molar-refractivity contribution < 1.29 is 9.80 Å². The number of anilines is 1. The van der Waals surface area contributed by atoms with E-state index in [2.05, 4.69) is 87.0 Å². The zero-order valence-corrected chi connectivity index (χ0v) is 18.3. The third-order valence-electron chi connectivity index (χ3n) is 6.06. The van der Waals surface area contributed by atoms with Gasteiger partial charge >= 0.3 is 0 Å². The number of hydrogen-bond donors (Lipinski definition) is 4. The zero-order chi connectivity index (χ0) is 20.1. The quantitative estimate of drug-likeness (QED) is 0.570. The molecular weight excluding hydrogens is 364 g/mol. The van der Waals surface area contributed by atoms with E-state index in [1.807, 2.05) is 0 Å². The van der Waals surface area contributed by atoms with Gasteiger partial charge in [-0.2, -0.15) is 0 Å². The molecule has 1 aliphatic rings. The van der Waals surface area contributed by atoms with Crippen molar-refractivity contribution in [1.82, 2.24) is 5.32 Å². The van der Waals surface area contributed by atoms with Crippen LogP contribution >= 0.6 is 12.2 Å². The van der Waals surface area contributed by atoms with Crippen LogP contribution in [0.25, 0.3) is 0 Å². The van der Waals surface area contributed by atoms with Gasteiger partial charge in [-0.3, -0.25) is 0 Å². The predicted molar refractivity (Wildman–Crippen MR) is 121 cm³/mol. The molecule has 1 heterocycles. The molecular formula is C23H34N4S+2. The topological polar surface area (TPSA) is 32.9 Å². The van der Waals surface area contributed by atoms with Crippen LogP contribution in [-0.2, 0) is 0 Å². The molecule has 1 aliphatic heterocycles. The molecule has 28 heavy (non-hydrogen) atoms. The first-order chi connectivity index (χ1) is 13.5. The summed E-state index contributed by atoms with van der Waals surface area (Å²) in [5.74, 6) is 0. The minimum atomic E-state index is 0.237. The minimum Gasteiger partial charge on any atom is -0.354 e. The largest absolute Gasteiger partial charge is 0.354 e. The number of benzene rings is 2. The smallest absolute Gasteiger partial charge is 0.171 e. The maximum absolute atomic E-state index is 5.67. The fraction of sp³-hybridized carbons (Fsp3) is 0.435. The highest BCUT2D eigenvalue weighted by Crippen LogP contribution is 2.18. The molecule has 0 aromatic heterocycles. The standard InChI is InChI=1S/C23H32N4S/c1-17-9-8-12-21(18(17)2)25-23(28)24-19(3)22(20-10-6-5-7-11-20)27-15-13-26(4)14-16-27/h5-12,19,22H,13-16H2,1-4H3,(H2,24,25,28)/p+2/t19-,22+/m1/s1. The summed E-state index contributed by atoms with van der Waals surface area (Å²) >= 11 is 5.67. The van der Waals surface area contributed by atoms with Crippen LogP contribution in [0.4, 0.5) is 5.69 Å². The molecule has 0 unspecified atom stereocenters. The van der Waals surface area contributed by atoms with E-state index in [-0.39, 0.29) is 6.04 Å². The predicted octanol–water partition coefficient (Wildman–Crippen LogP) is 1.13. The highest BCUT2D eigenvalue weighted by atomic mass is 32.1. The van der Waals surface area contributed by atoms with Crippen LogP contribution in [0.5, 0.6) is 0 Å². The SMILES string of the molecule is Cc1cccc(NC(=S)N[C@H](C)[C@@H](c2ccccc2)[NH+]2CC[NH+](C)CC2)c1C. The second kappa shape index (κ2) is 9.50. The van der Waals surface area contributed by atoms with Crippen LogP contribution in [0.2, 0.25) is 0 Å². The maximum Gasteiger partial charge on any atom is 0.171 e. The molecule has 4 N–H and O–H groups in total. The van der Waals surface area contributed by atoms with Crippen molar-refractivity contribution in [2.75, 3.05) is 38.5 Å². The average molecular weight is 399 g/mol. The maximum atomic E-state index is 5.67. The first kappa shape index (κ1) is 20.8. The van der Waals surface area contributed by atoms with E-state index < -0.39 is 0 Å². The second-order valence-electron chi connectivity index (χ2n) is 8.14. The fourth-order valence-electron chi connectivity index (χ4n) is 4.18. The highest BCUT2D eigenvalue weighted by molar-refractivity contribution is 7.80. The Morgan fingerprint density at radius 1 is 0.964 bits per heavy atom. The van der Waals surface area contributed by atoms with Crippen LogP contribution in [0, 0.1) is 13.8 Å². The van der Waals surface area contributed by atoms with Gasteiger partial charge in [-0.1, -0.05) is 42.5 Å². The first-order valence-corrected chi connectivity index (χ1v) is 10.7. The van der Waals surface area contributed by atoms with E-state index in [0.29, 0.717) is 11.2 Å². The van der Waals surface area contributed by atoms with E-state index >= 15 is 0 Å². The van der Waals surface area contributed by atoms with Gasteiger partial charge in [-0.05, 0) is 50.2 Å². The fourth-order valence-corrected chi connectivity index (χ4v) is 4.48. The molecule has 2 aromatic rings. The van der Waals surface area contributed by atoms with Crippen molar-refractivity contribution >= 4 is 23.0 Å². The van der Waals surface area contributed by atoms with Crippen LogP contribution in [0.15, 0.2) is 48.5 Å². The lowest BCUT2D eigenvalue weighted by Crippen LogP contribution is -3.27. The number of thiocarbonyl (C=S) groups is 1. The van der Waals surface area contributed by atoms with E-state index in [1.54, 1.807) is 9.80 Å². The van der Waals surface area contributed by atoms with Gasteiger partial charge in [-0.25, -0.2) is 0 Å². The van der Waals surface area contributed by atoms with Crippen molar-refractivity contribution in [2.45, 2.75) is 32.9 Å². The Balaban J connectivity index is 1.72. The van der Waals surface area contributed by atoms with Gasteiger partial charge in [0.15, 0.2) is 5.11 Å². The highest BCUT2D eigenvalue weighted by Gasteiger charge is 2.33. The van der Waals surface area contributed by atoms with Crippen molar-refractivity contribution in [3.05, 3.63) is 65.2 Å². The number of piperazine rings is 1. The van der Waals surface area contributed by atoms with Crippen LogP contribution in [0.1, 0.15) is 29.7 Å². The summed E-state index contributed by atoms with van der Waals surface area (Å²) in [5, 5.41) is 7.68. The van der Waals surface area contributed by atoms with E-state index in [4.69, 9.17) is 12.2 Å². The van der Waals surface area contributed by atoms with Gasteiger partial charge in [0.05, 0.1) is 13.1 Å². The van der Waals surface area contributed by atoms with Crippen molar-refractivity contribution in [2.24, 2.45) is 0 Å². The van der Waals surface area contributed by atoms with Gasteiger partial charge in [0.25, 0.3) is 0 Å². The Hall–Kier alpha value is -1.95. The molecule has 0 bridgehead atoms. The molecule has 3 rings (SSSR count). The first-order valence-electron chi connectivity index (χ1n) is 10.3. The lowest BCUT2D eigenvalue weighted by Gasteiger charge is -2.37. The van der Waals surface area contributed by atoms with Crippen LogP contribution in [-0.4, -0.2) is 44.4 Å². The lowest BCUT2D eigenvalue weighted by molar-refractivity contribution is -1.02. The zero-order valence-electron chi connectivity index (χ0n) is 17.5. The second-order valence-corrected chi connectivity index (χ2v) is 8.55. The van der Waals surface area contributed by atoms with E-state index in [9.17, 15) is 0 Å². The summed E-state index contributed by atoms with van der Waals surface area (Å²) in [5.41, 5.74) is 4.97. The molecule has 5 heteroatoms. The minimum absolute atomic E-state index is 0.237.